The van der Waals surface area contributed by atoms with Gasteiger partial charge in [-0.3, -0.25) is 5.32 Å². The Hall–Kier alpha value is -0.120. The van der Waals surface area contributed by atoms with Crippen molar-refractivity contribution < 1.29 is 4.74 Å². The van der Waals surface area contributed by atoms with Crippen molar-refractivity contribution in [1.82, 2.24) is 10.6 Å². The highest BCUT2D eigenvalue weighted by Gasteiger charge is 2.34. The van der Waals surface area contributed by atoms with Crippen LogP contribution in [0.4, 0.5) is 0 Å². The zero-order valence-corrected chi connectivity index (χ0v) is 6.15. The van der Waals surface area contributed by atoms with Gasteiger partial charge in [-0.05, 0) is 12.8 Å². The fraction of sp³-hybridized carbons (Fsp3) is 1.00. The van der Waals surface area contributed by atoms with Crippen LogP contribution in [-0.2, 0) is 4.74 Å². The summed E-state index contributed by atoms with van der Waals surface area (Å²) in [5.41, 5.74) is 0.387. The summed E-state index contributed by atoms with van der Waals surface area (Å²) in [6.45, 7) is 3.94. The largest absolute Gasteiger partial charge is 0.381 e. The molecular weight excluding hydrogens is 128 g/mol. The lowest BCUT2D eigenvalue weighted by molar-refractivity contribution is 0.0501. The van der Waals surface area contributed by atoms with Crippen LogP contribution in [0.25, 0.3) is 0 Å². The van der Waals surface area contributed by atoms with Crippen LogP contribution < -0.4 is 10.6 Å². The van der Waals surface area contributed by atoms with E-state index in [1.807, 2.05) is 0 Å². The van der Waals surface area contributed by atoms with E-state index in [9.17, 15) is 0 Å². The van der Waals surface area contributed by atoms with Crippen molar-refractivity contribution in [1.29, 1.82) is 0 Å². The predicted octanol–water partition coefficient (Wildman–Crippen LogP) is -0.314. The molecule has 0 unspecified atom stereocenters. The third-order valence-electron chi connectivity index (χ3n) is 2.50. The molecule has 10 heavy (non-hydrogen) atoms. The molecule has 0 aromatic carbocycles. The minimum Gasteiger partial charge on any atom is -0.381 e. The number of hydrogen-bond acceptors (Lipinski definition) is 3. The van der Waals surface area contributed by atoms with Gasteiger partial charge in [0.05, 0.1) is 0 Å². The van der Waals surface area contributed by atoms with Gasteiger partial charge in [0.15, 0.2) is 0 Å². The summed E-state index contributed by atoms with van der Waals surface area (Å²) >= 11 is 0. The van der Waals surface area contributed by atoms with Crippen LogP contribution in [0.5, 0.6) is 0 Å². The first-order valence-corrected chi connectivity index (χ1v) is 3.95. The molecule has 2 aliphatic heterocycles. The maximum Gasteiger partial charge on any atom is 0.0484 e. The molecule has 2 rings (SSSR count). The van der Waals surface area contributed by atoms with Gasteiger partial charge in [0.25, 0.3) is 0 Å². The van der Waals surface area contributed by atoms with Crippen LogP contribution >= 0.6 is 0 Å². The Kier molecular flexibility index (Phi) is 1.64. The highest BCUT2D eigenvalue weighted by Crippen LogP contribution is 2.21. The molecule has 3 heteroatoms. The second kappa shape index (κ2) is 2.49. The fourth-order valence-corrected chi connectivity index (χ4v) is 1.73. The maximum absolute atomic E-state index is 5.29. The van der Waals surface area contributed by atoms with Gasteiger partial charge in [-0.15, -0.1) is 0 Å². The minimum absolute atomic E-state index is 0.387. The standard InChI is InChI=1S/C7H14N2O/c1-3-10-4-2-7(1)5-8-6-9-7/h8-9H,1-6H2. The monoisotopic (exact) mass is 142 g/mol. The van der Waals surface area contributed by atoms with Crippen LogP contribution in [0.15, 0.2) is 0 Å². The van der Waals surface area contributed by atoms with E-state index in [4.69, 9.17) is 4.74 Å². The molecule has 2 aliphatic rings. The van der Waals surface area contributed by atoms with E-state index in [-0.39, 0.29) is 0 Å². The summed E-state index contributed by atoms with van der Waals surface area (Å²) in [6, 6.07) is 0. The van der Waals surface area contributed by atoms with Crippen molar-refractivity contribution in [2.45, 2.75) is 18.4 Å². The maximum atomic E-state index is 5.29. The Labute approximate surface area is 61.1 Å². The molecule has 0 radical (unpaired) electrons. The van der Waals surface area contributed by atoms with Crippen LogP contribution in [0, 0.1) is 0 Å². The van der Waals surface area contributed by atoms with Gasteiger partial charge in [0.1, 0.15) is 0 Å². The molecule has 1 spiro atoms. The summed E-state index contributed by atoms with van der Waals surface area (Å²) in [4.78, 5) is 0. The highest BCUT2D eigenvalue weighted by atomic mass is 16.5. The molecular formula is C7H14N2O. The quantitative estimate of drug-likeness (QED) is 0.486. The van der Waals surface area contributed by atoms with E-state index >= 15 is 0 Å². The second-order valence-corrected chi connectivity index (χ2v) is 3.17. The van der Waals surface area contributed by atoms with Crippen molar-refractivity contribution >= 4 is 0 Å². The first-order chi connectivity index (χ1) is 4.91. The fourth-order valence-electron chi connectivity index (χ4n) is 1.73. The molecule has 2 saturated heterocycles. The van der Waals surface area contributed by atoms with Crippen LogP contribution in [-0.4, -0.2) is 32.0 Å². The lowest BCUT2D eigenvalue weighted by Crippen LogP contribution is -2.47. The topological polar surface area (TPSA) is 33.3 Å². The Balaban J connectivity index is 1.98. The van der Waals surface area contributed by atoms with E-state index < -0.39 is 0 Å². The summed E-state index contributed by atoms with van der Waals surface area (Å²) < 4.78 is 5.29. The van der Waals surface area contributed by atoms with Gasteiger partial charge in [0.2, 0.25) is 0 Å². The first-order valence-electron chi connectivity index (χ1n) is 3.95. The first kappa shape index (κ1) is 6.58. The third kappa shape index (κ3) is 1.05. The number of nitrogens with one attached hydrogen (secondary N) is 2. The summed E-state index contributed by atoms with van der Waals surface area (Å²) in [5.74, 6) is 0. The molecule has 2 N–H and O–H groups in total. The lowest BCUT2D eigenvalue weighted by Gasteiger charge is -2.32. The molecule has 0 bridgehead atoms. The van der Waals surface area contributed by atoms with Gasteiger partial charge in [0, 0.05) is 32.0 Å². The number of rotatable bonds is 0. The molecule has 0 aromatic rings. The molecule has 0 atom stereocenters. The molecule has 3 nitrogen and oxygen atoms in total. The van der Waals surface area contributed by atoms with Crippen molar-refractivity contribution in [3.05, 3.63) is 0 Å². The molecule has 0 saturated carbocycles. The zero-order chi connectivity index (χ0) is 6.86. The van der Waals surface area contributed by atoms with Crippen molar-refractivity contribution in [3.8, 4) is 0 Å². The lowest BCUT2D eigenvalue weighted by atomic mass is 9.91. The smallest absolute Gasteiger partial charge is 0.0484 e. The summed E-state index contributed by atoms with van der Waals surface area (Å²) in [7, 11) is 0. The average molecular weight is 142 g/mol. The zero-order valence-electron chi connectivity index (χ0n) is 6.15. The second-order valence-electron chi connectivity index (χ2n) is 3.17. The van der Waals surface area contributed by atoms with E-state index in [2.05, 4.69) is 10.6 Å². The molecule has 58 valence electrons. The average Bonchev–Trinajstić information content (AvgIpc) is 2.39. The van der Waals surface area contributed by atoms with Crippen LogP contribution in [0.3, 0.4) is 0 Å². The molecule has 2 heterocycles. The van der Waals surface area contributed by atoms with Gasteiger partial charge in [-0.25, -0.2) is 0 Å². The normalized spacial score (nSPS) is 31.2. The Morgan fingerprint density at radius 1 is 1.20 bits per heavy atom. The molecule has 0 aromatic heterocycles. The van der Waals surface area contributed by atoms with Gasteiger partial charge >= 0.3 is 0 Å². The summed E-state index contributed by atoms with van der Waals surface area (Å²) in [5, 5.41) is 6.80. The van der Waals surface area contributed by atoms with Crippen molar-refractivity contribution in [2.75, 3.05) is 26.4 Å². The van der Waals surface area contributed by atoms with Gasteiger partial charge in [-0.1, -0.05) is 0 Å². The van der Waals surface area contributed by atoms with Gasteiger partial charge in [-0.2, -0.15) is 0 Å². The van der Waals surface area contributed by atoms with E-state index in [0.717, 1.165) is 26.4 Å². The van der Waals surface area contributed by atoms with Crippen LogP contribution in [0.2, 0.25) is 0 Å². The minimum atomic E-state index is 0.387. The van der Waals surface area contributed by atoms with E-state index in [1.165, 1.54) is 12.8 Å². The number of hydrogen-bond donors (Lipinski definition) is 2. The van der Waals surface area contributed by atoms with Crippen LogP contribution in [0.1, 0.15) is 12.8 Å². The molecule has 0 amide bonds. The Morgan fingerprint density at radius 3 is 2.60 bits per heavy atom. The summed E-state index contributed by atoms with van der Waals surface area (Å²) in [6.07, 6.45) is 2.33. The van der Waals surface area contributed by atoms with E-state index in [1.54, 1.807) is 0 Å². The molecule has 0 aliphatic carbocycles. The SMILES string of the molecule is C1NCC2(CCOCC2)N1. The molecule has 2 fully saturated rings. The van der Waals surface area contributed by atoms with Crippen molar-refractivity contribution in [3.63, 3.8) is 0 Å². The highest BCUT2D eigenvalue weighted by molar-refractivity contribution is 4.95. The van der Waals surface area contributed by atoms with E-state index in [0.29, 0.717) is 5.54 Å². The van der Waals surface area contributed by atoms with Crippen molar-refractivity contribution in [2.24, 2.45) is 0 Å². The van der Waals surface area contributed by atoms with Gasteiger partial charge < -0.3 is 10.1 Å². The Morgan fingerprint density at radius 2 is 2.00 bits per heavy atom. The number of ether oxygens (including phenoxy) is 1. The third-order valence-corrected chi connectivity index (χ3v) is 2.50. The Bertz CT molecular complexity index is 113. The predicted molar refractivity (Wildman–Crippen MR) is 38.8 cm³/mol.